The van der Waals surface area contributed by atoms with E-state index in [9.17, 15) is 4.79 Å². The van der Waals surface area contributed by atoms with Crippen molar-refractivity contribution in [2.75, 3.05) is 19.7 Å². The zero-order valence-corrected chi connectivity index (χ0v) is 11.8. The smallest absolute Gasteiger partial charge is 0.409 e. The lowest BCUT2D eigenvalue weighted by Crippen LogP contribution is -2.33. The maximum atomic E-state index is 11.7. The van der Waals surface area contributed by atoms with Crippen molar-refractivity contribution in [2.45, 2.75) is 59.3 Å². The highest BCUT2D eigenvalue weighted by Crippen LogP contribution is 2.02. The summed E-state index contributed by atoms with van der Waals surface area (Å²) in [7, 11) is 0. The molecule has 0 spiro atoms. The molecule has 0 rings (SSSR count). The van der Waals surface area contributed by atoms with Gasteiger partial charge in [0.2, 0.25) is 0 Å². The van der Waals surface area contributed by atoms with Crippen LogP contribution in [0.15, 0.2) is 0 Å². The molecule has 3 N–H and O–H groups in total. The molecule has 0 unspecified atom stereocenters. The summed E-state index contributed by atoms with van der Waals surface area (Å²) in [6.45, 7) is 8.60. The molecule has 4 heteroatoms. The number of ether oxygens (including phenoxy) is 1. The average Bonchev–Trinajstić information content (AvgIpc) is 2.29. The van der Waals surface area contributed by atoms with Gasteiger partial charge in [-0.3, -0.25) is 0 Å². The molecule has 0 aromatic rings. The first-order valence-corrected chi connectivity index (χ1v) is 6.67. The Kier molecular flexibility index (Phi) is 14.5. The van der Waals surface area contributed by atoms with E-state index in [0.29, 0.717) is 6.61 Å². The summed E-state index contributed by atoms with van der Waals surface area (Å²) in [6.07, 6.45) is 6.25. The Morgan fingerprint density at radius 3 is 1.82 bits per heavy atom. The molecule has 0 heterocycles. The summed E-state index contributed by atoms with van der Waals surface area (Å²) >= 11 is 0. The Hall–Kier alpha value is -0.770. The minimum absolute atomic E-state index is 0. The van der Waals surface area contributed by atoms with Crippen LogP contribution in [0.1, 0.15) is 59.3 Å². The Bertz CT molecular complexity index is 167. The topological polar surface area (TPSA) is 64.5 Å². The van der Waals surface area contributed by atoms with Gasteiger partial charge in [-0.05, 0) is 19.3 Å². The van der Waals surface area contributed by atoms with Gasteiger partial charge >= 0.3 is 6.09 Å². The van der Waals surface area contributed by atoms with Crippen molar-refractivity contribution in [1.29, 1.82) is 0 Å². The fraction of sp³-hybridized carbons (Fsp3) is 0.923. The standard InChI is InChI=1S/C13H27NO2.H3N/c1-4-7-10-14(11-8-5-2)13(15)16-12-9-6-3;/h4-12H2,1-3H3;1H3. The van der Waals surface area contributed by atoms with Crippen molar-refractivity contribution < 1.29 is 9.53 Å². The summed E-state index contributed by atoms with van der Waals surface area (Å²) in [4.78, 5) is 13.6. The second kappa shape index (κ2) is 13.3. The number of nitrogens with zero attached hydrogens (tertiary/aromatic N) is 1. The lowest BCUT2D eigenvalue weighted by Gasteiger charge is -2.21. The summed E-state index contributed by atoms with van der Waals surface area (Å²) in [5.74, 6) is 0. The lowest BCUT2D eigenvalue weighted by atomic mass is 10.3. The maximum Gasteiger partial charge on any atom is 0.409 e. The van der Waals surface area contributed by atoms with E-state index in [1.807, 2.05) is 4.90 Å². The number of unbranched alkanes of at least 4 members (excludes halogenated alkanes) is 3. The van der Waals surface area contributed by atoms with Crippen LogP contribution in [-0.4, -0.2) is 30.7 Å². The number of hydrogen-bond acceptors (Lipinski definition) is 3. The van der Waals surface area contributed by atoms with Crippen LogP contribution in [0.5, 0.6) is 0 Å². The van der Waals surface area contributed by atoms with Crippen molar-refractivity contribution in [1.82, 2.24) is 11.1 Å². The second-order valence-electron chi connectivity index (χ2n) is 4.16. The third-order valence-electron chi connectivity index (χ3n) is 2.54. The van der Waals surface area contributed by atoms with Gasteiger partial charge in [-0.2, -0.15) is 0 Å². The van der Waals surface area contributed by atoms with Crippen molar-refractivity contribution in [3.8, 4) is 0 Å². The number of carbonyl (C=O) groups is 1. The first-order valence-electron chi connectivity index (χ1n) is 6.67. The highest BCUT2D eigenvalue weighted by Gasteiger charge is 2.12. The molecule has 0 aliphatic rings. The van der Waals surface area contributed by atoms with Gasteiger partial charge in [-0.15, -0.1) is 0 Å². The van der Waals surface area contributed by atoms with Gasteiger partial charge in [0.15, 0.2) is 0 Å². The minimum atomic E-state index is -0.129. The Balaban J connectivity index is 0. The van der Waals surface area contributed by atoms with Crippen molar-refractivity contribution >= 4 is 6.09 Å². The average molecular weight is 246 g/mol. The van der Waals surface area contributed by atoms with Gasteiger partial charge in [0.1, 0.15) is 0 Å². The Morgan fingerprint density at radius 2 is 1.41 bits per heavy atom. The molecule has 0 fully saturated rings. The molecule has 17 heavy (non-hydrogen) atoms. The van der Waals surface area contributed by atoms with E-state index in [4.69, 9.17) is 4.74 Å². The van der Waals surface area contributed by atoms with E-state index in [2.05, 4.69) is 20.8 Å². The molecule has 0 bridgehead atoms. The van der Waals surface area contributed by atoms with Gasteiger partial charge < -0.3 is 15.8 Å². The first-order chi connectivity index (χ1) is 7.76. The van der Waals surface area contributed by atoms with Gasteiger partial charge in [-0.25, -0.2) is 4.79 Å². The first kappa shape index (κ1) is 18.6. The van der Waals surface area contributed by atoms with E-state index in [0.717, 1.165) is 51.6 Å². The van der Waals surface area contributed by atoms with Crippen LogP contribution in [0.3, 0.4) is 0 Å². The van der Waals surface area contributed by atoms with E-state index in [1.165, 1.54) is 0 Å². The zero-order valence-electron chi connectivity index (χ0n) is 11.8. The molecule has 4 nitrogen and oxygen atoms in total. The van der Waals surface area contributed by atoms with Crippen molar-refractivity contribution in [3.63, 3.8) is 0 Å². The molecule has 0 radical (unpaired) electrons. The fourth-order valence-corrected chi connectivity index (χ4v) is 1.39. The predicted octanol–water partition coefficient (Wildman–Crippen LogP) is 3.99. The molecule has 0 aromatic carbocycles. The number of carbonyl (C=O) groups excluding carboxylic acids is 1. The van der Waals surface area contributed by atoms with E-state index in [-0.39, 0.29) is 12.2 Å². The zero-order chi connectivity index (χ0) is 12.2. The summed E-state index contributed by atoms with van der Waals surface area (Å²) in [5.41, 5.74) is 0. The quantitative estimate of drug-likeness (QED) is 0.626. The third kappa shape index (κ3) is 10.1. The second-order valence-corrected chi connectivity index (χ2v) is 4.16. The van der Waals surface area contributed by atoms with Gasteiger partial charge in [0.25, 0.3) is 0 Å². The lowest BCUT2D eigenvalue weighted by molar-refractivity contribution is 0.0999. The molecule has 0 aliphatic heterocycles. The van der Waals surface area contributed by atoms with Crippen LogP contribution >= 0.6 is 0 Å². The molecule has 0 saturated carbocycles. The Labute approximate surface area is 106 Å². The third-order valence-corrected chi connectivity index (χ3v) is 2.54. The van der Waals surface area contributed by atoms with Crippen molar-refractivity contribution in [2.24, 2.45) is 0 Å². The molecule has 0 aromatic heterocycles. The van der Waals surface area contributed by atoms with E-state index in [1.54, 1.807) is 0 Å². The van der Waals surface area contributed by atoms with E-state index >= 15 is 0 Å². The van der Waals surface area contributed by atoms with E-state index < -0.39 is 0 Å². The van der Waals surface area contributed by atoms with Crippen LogP contribution in [0, 0.1) is 0 Å². The fourth-order valence-electron chi connectivity index (χ4n) is 1.39. The SMILES string of the molecule is CCCCOC(=O)N(CCCC)CCCC.N. The normalized spacial score (nSPS) is 9.59. The molecular weight excluding hydrogens is 216 g/mol. The molecule has 1 amide bonds. The highest BCUT2D eigenvalue weighted by molar-refractivity contribution is 5.67. The highest BCUT2D eigenvalue weighted by atomic mass is 16.6. The van der Waals surface area contributed by atoms with Gasteiger partial charge in [0.05, 0.1) is 6.61 Å². The van der Waals surface area contributed by atoms with Gasteiger partial charge in [-0.1, -0.05) is 40.0 Å². The maximum absolute atomic E-state index is 11.7. The van der Waals surface area contributed by atoms with Crippen LogP contribution < -0.4 is 6.15 Å². The van der Waals surface area contributed by atoms with Crippen LogP contribution in [0.4, 0.5) is 4.79 Å². The van der Waals surface area contributed by atoms with Crippen LogP contribution in [0.2, 0.25) is 0 Å². The number of amides is 1. The monoisotopic (exact) mass is 246 g/mol. The largest absolute Gasteiger partial charge is 0.449 e. The molecule has 0 atom stereocenters. The molecule has 0 saturated heterocycles. The number of rotatable bonds is 9. The summed E-state index contributed by atoms with van der Waals surface area (Å²) < 4.78 is 5.23. The van der Waals surface area contributed by atoms with Crippen LogP contribution in [0.25, 0.3) is 0 Å². The molecular formula is C13H30N2O2. The molecule has 0 aliphatic carbocycles. The minimum Gasteiger partial charge on any atom is -0.449 e. The summed E-state index contributed by atoms with van der Waals surface area (Å²) in [5, 5.41) is 0. The van der Waals surface area contributed by atoms with Gasteiger partial charge in [0, 0.05) is 13.1 Å². The Morgan fingerprint density at radius 1 is 0.941 bits per heavy atom. The predicted molar refractivity (Wildman–Crippen MR) is 72.7 cm³/mol. The van der Waals surface area contributed by atoms with Crippen molar-refractivity contribution in [3.05, 3.63) is 0 Å². The summed E-state index contributed by atoms with van der Waals surface area (Å²) in [6, 6.07) is 0. The number of hydrogen-bond donors (Lipinski definition) is 1. The molecule has 104 valence electrons. The van der Waals surface area contributed by atoms with Crippen LogP contribution in [-0.2, 0) is 4.74 Å².